The summed E-state index contributed by atoms with van der Waals surface area (Å²) in [4.78, 5) is 29.4. The van der Waals surface area contributed by atoms with Gasteiger partial charge < -0.3 is 14.9 Å². The second-order valence-electron chi connectivity index (χ2n) is 6.73. The quantitative estimate of drug-likeness (QED) is 0.647. The molecule has 1 amide bonds. The van der Waals surface area contributed by atoms with E-state index in [4.69, 9.17) is 11.6 Å². The summed E-state index contributed by atoms with van der Waals surface area (Å²) in [7, 11) is 0. The molecule has 0 spiro atoms. The molecular weight excluding hydrogens is 396 g/mol. The molecule has 0 unspecified atom stereocenters. The number of aliphatic hydroxyl groups is 1. The third-order valence-corrected chi connectivity index (χ3v) is 6.27. The Kier molecular flexibility index (Phi) is 6.54. The minimum absolute atomic E-state index is 0.129. The monoisotopic (exact) mass is 419 g/mol. The SMILES string of the molecule is CC[NH+](CC)CCN1C(=O)C(O)=C(C(=O)c2cccs2)[C@@H]1c1cccc(Cl)c1. The standard InChI is InChI=1S/C21H23ClN2O3S/c1-3-23(4-2)10-11-24-18(14-7-5-8-15(22)13-14)17(20(26)21(24)27)19(25)16-9-6-12-28-16/h5-9,12-13,18,26H,3-4,10-11H2,1-2H3/p+1/t18-/m0/s1. The van der Waals surface area contributed by atoms with Crippen molar-refractivity contribution in [3.63, 3.8) is 0 Å². The first-order valence-electron chi connectivity index (χ1n) is 9.39. The van der Waals surface area contributed by atoms with E-state index in [1.165, 1.54) is 16.2 Å². The number of rotatable bonds is 8. The van der Waals surface area contributed by atoms with E-state index >= 15 is 0 Å². The molecule has 1 aromatic carbocycles. The maximum Gasteiger partial charge on any atom is 0.290 e. The Morgan fingerprint density at radius 3 is 2.61 bits per heavy atom. The van der Waals surface area contributed by atoms with Crippen molar-refractivity contribution in [2.75, 3.05) is 26.2 Å². The fourth-order valence-corrected chi connectivity index (χ4v) is 4.44. The molecule has 1 atom stereocenters. The first-order valence-corrected chi connectivity index (χ1v) is 10.6. The van der Waals surface area contributed by atoms with E-state index in [0.29, 0.717) is 16.4 Å². The summed E-state index contributed by atoms with van der Waals surface area (Å²) in [6.07, 6.45) is 0. The number of aliphatic hydroxyl groups excluding tert-OH is 1. The van der Waals surface area contributed by atoms with Crippen molar-refractivity contribution in [3.05, 3.63) is 68.6 Å². The van der Waals surface area contributed by atoms with Crippen LogP contribution in [0, 0.1) is 0 Å². The molecule has 28 heavy (non-hydrogen) atoms. The highest BCUT2D eigenvalue weighted by Crippen LogP contribution is 2.39. The predicted octanol–water partition coefficient (Wildman–Crippen LogP) is 2.90. The van der Waals surface area contributed by atoms with Gasteiger partial charge in [0.15, 0.2) is 5.76 Å². The summed E-state index contributed by atoms with van der Waals surface area (Å²) >= 11 is 7.47. The lowest BCUT2D eigenvalue weighted by Crippen LogP contribution is -3.12. The molecule has 1 aromatic heterocycles. The van der Waals surface area contributed by atoms with Gasteiger partial charge in [-0.05, 0) is 43.0 Å². The minimum atomic E-state index is -0.643. The zero-order valence-corrected chi connectivity index (χ0v) is 17.5. The average molecular weight is 420 g/mol. The summed E-state index contributed by atoms with van der Waals surface area (Å²) < 4.78 is 0. The van der Waals surface area contributed by atoms with Gasteiger partial charge in [-0.15, -0.1) is 11.3 Å². The molecule has 0 radical (unpaired) electrons. The Morgan fingerprint density at radius 2 is 2.00 bits per heavy atom. The second-order valence-corrected chi connectivity index (χ2v) is 8.12. The number of halogens is 1. The Hall–Kier alpha value is -2.15. The van der Waals surface area contributed by atoms with E-state index in [1.54, 1.807) is 40.6 Å². The highest BCUT2D eigenvalue weighted by Gasteiger charge is 2.44. The van der Waals surface area contributed by atoms with Crippen LogP contribution in [0.4, 0.5) is 0 Å². The van der Waals surface area contributed by atoms with E-state index in [-0.39, 0.29) is 11.4 Å². The number of hydrogen-bond acceptors (Lipinski definition) is 4. The van der Waals surface area contributed by atoms with Crippen LogP contribution in [-0.4, -0.2) is 47.9 Å². The van der Waals surface area contributed by atoms with Gasteiger partial charge in [-0.25, -0.2) is 0 Å². The fraction of sp³-hybridized carbons (Fsp3) is 0.333. The Labute approximate surface area is 173 Å². The Morgan fingerprint density at radius 1 is 1.25 bits per heavy atom. The van der Waals surface area contributed by atoms with E-state index in [0.717, 1.165) is 25.2 Å². The zero-order valence-electron chi connectivity index (χ0n) is 15.9. The van der Waals surface area contributed by atoms with Gasteiger partial charge in [0.25, 0.3) is 5.91 Å². The lowest BCUT2D eigenvalue weighted by atomic mass is 9.95. The lowest BCUT2D eigenvalue weighted by molar-refractivity contribution is -0.895. The molecule has 0 bridgehead atoms. The molecule has 148 valence electrons. The van der Waals surface area contributed by atoms with Gasteiger partial charge in [-0.1, -0.05) is 29.8 Å². The largest absolute Gasteiger partial charge is 0.503 e. The summed E-state index contributed by atoms with van der Waals surface area (Å²) in [5, 5.41) is 12.9. The van der Waals surface area contributed by atoms with Crippen molar-refractivity contribution in [2.45, 2.75) is 19.9 Å². The predicted molar refractivity (Wildman–Crippen MR) is 111 cm³/mol. The summed E-state index contributed by atoms with van der Waals surface area (Å²) in [5.74, 6) is -1.28. The molecule has 1 aliphatic heterocycles. The van der Waals surface area contributed by atoms with Crippen LogP contribution < -0.4 is 4.90 Å². The van der Waals surface area contributed by atoms with Crippen LogP contribution in [0.1, 0.15) is 35.1 Å². The number of benzene rings is 1. The van der Waals surface area contributed by atoms with Crippen LogP contribution in [0.5, 0.6) is 0 Å². The number of nitrogens with one attached hydrogen (secondary N) is 1. The van der Waals surface area contributed by atoms with Crippen LogP contribution in [0.3, 0.4) is 0 Å². The smallest absolute Gasteiger partial charge is 0.290 e. The normalized spacial score (nSPS) is 17.1. The highest BCUT2D eigenvalue weighted by atomic mass is 35.5. The number of Topliss-reactive ketones (excluding diaryl/α,β-unsaturated/α-hetero) is 1. The van der Waals surface area contributed by atoms with Crippen LogP contribution in [0.15, 0.2) is 53.1 Å². The number of quaternary nitrogens is 1. The molecule has 1 aliphatic rings. The number of amides is 1. The Balaban J connectivity index is 2.01. The third-order valence-electron chi connectivity index (χ3n) is 5.16. The van der Waals surface area contributed by atoms with Crippen molar-refractivity contribution in [2.24, 2.45) is 0 Å². The van der Waals surface area contributed by atoms with Crippen LogP contribution in [0.2, 0.25) is 5.02 Å². The van der Waals surface area contributed by atoms with E-state index in [1.807, 2.05) is 6.07 Å². The van der Waals surface area contributed by atoms with Crippen molar-refractivity contribution in [1.82, 2.24) is 4.90 Å². The zero-order chi connectivity index (χ0) is 20.3. The Bertz CT molecular complexity index is 891. The topological polar surface area (TPSA) is 62.1 Å². The first kappa shape index (κ1) is 20.6. The molecule has 2 aromatic rings. The minimum Gasteiger partial charge on any atom is -0.503 e. The number of thiophene rings is 1. The van der Waals surface area contributed by atoms with Crippen molar-refractivity contribution < 1.29 is 19.6 Å². The highest BCUT2D eigenvalue weighted by molar-refractivity contribution is 7.12. The molecule has 7 heteroatoms. The molecule has 0 saturated carbocycles. The van der Waals surface area contributed by atoms with Gasteiger partial charge in [0.2, 0.25) is 5.78 Å². The van der Waals surface area contributed by atoms with Crippen LogP contribution in [0.25, 0.3) is 0 Å². The molecule has 2 N–H and O–H groups in total. The maximum atomic E-state index is 13.1. The van der Waals surface area contributed by atoms with E-state index < -0.39 is 17.7 Å². The van der Waals surface area contributed by atoms with Crippen LogP contribution >= 0.6 is 22.9 Å². The maximum absolute atomic E-state index is 13.1. The second kappa shape index (κ2) is 8.90. The van der Waals surface area contributed by atoms with Gasteiger partial charge in [0.1, 0.15) is 0 Å². The average Bonchev–Trinajstić information content (AvgIpc) is 3.31. The molecule has 0 saturated heterocycles. The fourth-order valence-electron chi connectivity index (χ4n) is 3.56. The lowest BCUT2D eigenvalue weighted by Gasteiger charge is -2.28. The van der Waals surface area contributed by atoms with Gasteiger partial charge in [-0.2, -0.15) is 0 Å². The van der Waals surface area contributed by atoms with Gasteiger partial charge in [0.05, 0.1) is 42.7 Å². The molecule has 0 fully saturated rings. The van der Waals surface area contributed by atoms with Crippen LogP contribution in [-0.2, 0) is 4.79 Å². The molecule has 3 rings (SSSR count). The van der Waals surface area contributed by atoms with E-state index in [9.17, 15) is 14.7 Å². The van der Waals surface area contributed by atoms with Crippen molar-refractivity contribution in [3.8, 4) is 0 Å². The molecule has 2 heterocycles. The molecular formula is C21H24ClN2O3S+. The number of likely N-dealkylation sites (N-methyl/N-ethyl adjacent to an activating group) is 1. The number of nitrogens with zero attached hydrogens (tertiary/aromatic N) is 1. The summed E-state index contributed by atoms with van der Waals surface area (Å²) in [6.45, 7) is 7.27. The van der Waals surface area contributed by atoms with Crippen molar-refractivity contribution >= 4 is 34.6 Å². The first-order chi connectivity index (χ1) is 13.5. The number of carbonyl (C=O) groups is 2. The summed E-state index contributed by atoms with van der Waals surface area (Å²) in [6, 6.07) is 9.96. The number of carbonyl (C=O) groups excluding carboxylic acids is 2. The summed E-state index contributed by atoms with van der Waals surface area (Å²) in [5.41, 5.74) is 0.851. The van der Waals surface area contributed by atoms with Crippen molar-refractivity contribution in [1.29, 1.82) is 0 Å². The van der Waals surface area contributed by atoms with E-state index in [2.05, 4.69) is 13.8 Å². The van der Waals surface area contributed by atoms with Gasteiger partial charge in [0, 0.05) is 5.02 Å². The number of ketones is 1. The third kappa shape index (κ3) is 3.99. The number of hydrogen-bond donors (Lipinski definition) is 2. The van der Waals surface area contributed by atoms with Gasteiger partial charge in [-0.3, -0.25) is 9.59 Å². The molecule has 0 aliphatic carbocycles. The van der Waals surface area contributed by atoms with Gasteiger partial charge >= 0.3 is 0 Å². The molecule has 5 nitrogen and oxygen atoms in total.